The lowest BCUT2D eigenvalue weighted by Gasteiger charge is -2.11. The van der Waals surface area contributed by atoms with E-state index in [0.29, 0.717) is 23.8 Å². The molecule has 0 aliphatic heterocycles. The summed E-state index contributed by atoms with van der Waals surface area (Å²) in [5.74, 6) is 0.551. The van der Waals surface area contributed by atoms with Gasteiger partial charge in [-0.05, 0) is 24.8 Å². The zero-order chi connectivity index (χ0) is 10.4. The Morgan fingerprint density at radius 1 is 1.38 bits per heavy atom. The molecule has 0 fully saturated rings. The second-order valence-electron chi connectivity index (χ2n) is 3.76. The van der Waals surface area contributed by atoms with E-state index in [1.165, 1.54) is 0 Å². The van der Waals surface area contributed by atoms with Crippen LogP contribution in [0.4, 0.5) is 0 Å². The molecule has 2 heteroatoms. The quantitative estimate of drug-likeness (QED) is 0.588. The molecule has 0 aliphatic rings. The number of hydrogen-bond donors (Lipinski definition) is 2. The minimum Gasteiger partial charge on any atom is -0.310 e. The molecule has 2 nitrogen and oxygen atoms in total. The topological polar surface area (TPSA) is 47.7 Å². The highest BCUT2D eigenvalue weighted by atomic mass is 14.4. The van der Waals surface area contributed by atoms with Crippen molar-refractivity contribution < 1.29 is 0 Å². The van der Waals surface area contributed by atoms with Crippen LogP contribution >= 0.6 is 0 Å². The van der Waals surface area contributed by atoms with Gasteiger partial charge in [0.25, 0.3) is 0 Å². The third kappa shape index (κ3) is 5.34. The highest BCUT2D eigenvalue weighted by molar-refractivity contribution is 6.01. The van der Waals surface area contributed by atoms with E-state index in [2.05, 4.69) is 20.4 Å². The molecule has 1 atom stereocenters. The average molecular weight is 180 g/mol. The summed E-state index contributed by atoms with van der Waals surface area (Å²) in [7, 11) is 0. The number of hydrogen-bond acceptors (Lipinski definition) is 2. The Kier molecular flexibility index (Phi) is 5.28. The average Bonchev–Trinajstić information content (AvgIpc) is 2.02. The molecule has 0 unspecified atom stereocenters. The van der Waals surface area contributed by atoms with Crippen LogP contribution in [0.1, 0.15) is 40.0 Å². The van der Waals surface area contributed by atoms with Crippen LogP contribution in [0.2, 0.25) is 0 Å². The van der Waals surface area contributed by atoms with E-state index in [4.69, 9.17) is 10.8 Å². The second-order valence-corrected chi connectivity index (χ2v) is 3.76. The Morgan fingerprint density at radius 2 is 1.92 bits per heavy atom. The Bertz CT molecular complexity index is 216. The van der Waals surface area contributed by atoms with Crippen molar-refractivity contribution in [1.29, 1.82) is 10.8 Å². The summed E-state index contributed by atoms with van der Waals surface area (Å²) in [5, 5.41) is 15.0. The van der Waals surface area contributed by atoms with Gasteiger partial charge in [-0.3, -0.25) is 0 Å². The molecule has 2 N–H and O–H groups in total. The summed E-state index contributed by atoms with van der Waals surface area (Å²) in [6, 6.07) is 0. The van der Waals surface area contributed by atoms with E-state index in [9.17, 15) is 0 Å². The smallest absolute Gasteiger partial charge is 0.0346 e. The van der Waals surface area contributed by atoms with Gasteiger partial charge in [-0.2, -0.15) is 0 Å². The van der Waals surface area contributed by atoms with Crippen LogP contribution in [0, 0.1) is 16.7 Å². The second kappa shape index (κ2) is 5.68. The predicted octanol–water partition coefficient (Wildman–Crippen LogP) is 3.43. The molecule has 0 aromatic rings. The fourth-order valence-corrected chi connectivity index (χ4v) is 1.06. The first-order chi connectivity index (χ1) is 5.97. The fraction of sp³-hybridized carbons (Fsp3) is 0.636. The Balaban J connectivity index is 3.97. The van der Waals surface area contributed by atoms with Crippen molar-refractivity contribution in [2.45, 2.75) is 40.0 Å². The predicted molar refractivity (Wildman–Crippen MR) is 59.0 cm³/mol. The molecule has 0 amide bonds. The van der Waals surface area contributed by atoms with E-state index >= 15 is 0 Å². The summed E-state index contributed by atoms with van der Waals surface area (Å²) in [6.45, 7) is 9.83. The SMILES string of the molecule is C=C(CC(C)=N)C(=N)C[C@H](C)CC. The lowest BCUT2D eigenvalue weighted by atomic mass is 9.95. The first kappa shape index (κ1) is 12.1. The van der Waals surface area contributed by atoms with Gasteiger partial charge in [0.05, 0.1) is 0 Å². The normalized spacial score (nSPS) is 12.2. The molecule has 0 aromatic heterocycles. The van der Waals surface area contributed by atoms with Gasteiger partial charge in [0.2, 0.25) is 0 Å². The zero-order valence-corrected chi connectivity index (χ0v) is 8.91. The van der Waals surface area contributed by atoms with Gasteiger partial charge in [-0.15, -0.1) is 0 Å². The minimum absolute atomic E-state index is 0.551. The van der Waals surface area contributed by atoms with E-state index in [-0.39, 0.29) is 0 Å². The van der Waals surface area contributed by atoms with Crippen molar-refractivity contribution in [1.82, 2.24) is 0 Å². The minimum atomic E-state index is 0.551. The molecule has 0 spiro atoms. The molecule has 0 aromatic carbocycles. The van der Waals surface area contributed by atoms with Crippen LogP contribution in [-0.4, -0.2) is 11.4 Å². The van der Waals surface area contributed by atoms with E-state index < -0.39 is 0 Å². The third-order valence-electron chi connectivity index (χ3n) is 2.15. The standard InChI is InChI=1S/C11H20N2/c1-5-8(2)6-11(13)9(3)7-10(4)12/h8,12-13H,3,5-7H2,1-2,4H3/t8-/m1/s1. The first-order valence-electron chi connectivity index (χ1n) is 4.77. The van der Waals surface area contributed by atoms with Gasteiger partial charge >= 0.3 is 0 Å². The third-order valence-corrected chi connectivity index (χ3v) is 2.15. The van der Waals surface area contributed by atoms with Crippen LogP contribution in [0.5, 0.6) is 0 Å². The monoisotopic (exact) mass is 180 g/mol. The molecule has 0 saturated heterocycles. The molecule has 0 bridgehead atoms. The molecule has 0 aliphatic carbocycles. The number of allylic oxidation sites excluding steroid dienone is 1. The Hall–Kier alpha value is -0.920. The highest BCUT2D eigenvalue weighted by Gasteiger charge is 2.07. The number of rotatable bonds is 6. The van der Waals surface area contributed by atoms with Gasteiger partial charge in [-0.25, -0.2) is 0 Å². The molecule has 74 valence electrons. The van der Waals surface area contributed by atoms with Gasteiger partial charge in [0.15, 0.2) is 0 Å². The fourth-order valence-electron chi connectivity index (χ4n) is 1.06. The van der Waals surface area contributed by atoms with Gasteiger partial charge < -0.3 is 10.8 Å². The molecular formula is C11H20N2. The lowest BCUT2D eigenvalue weighted by molar-refractivity contribution is 0.586. The zero-order valence-electron chi connectivity index (χ0n) is 8.91. The summed E-state index contributed by atoms with van der Waals surface area (Å²) in [6.07, 6.45) is 2.44. The molecule has 0 heterocycles. The summed E-state index contributed by atoms with van der Waals surface area (Å²) >= 11 is 0. The molecule has 13 heavy (non-hydrogen) atoms. The highest BCUT2D eigenvalue weighted by Crippen LogP contribution is 2.12. The Morgan fingerprint density at radius 3 is 2.31 bits per heavy atom. The van der Waals surface area contributed by atoms with Crippen LogP contribution in [0.3, 0.4) is 0 Å². The largest absolute Gasteiger partial charge is 0.310 e. The van der Waals surface area contributed by atoms with E-state index in [0.717, 1.165) is 18.4 Å². The van der Waals surface area contributed by atoms with Crippen molar-refractivity contribution in [3.8, 4) is 0 Å². The first-order valence-corrected chi connectivity index (χ1v) is 4.77. The maximum absolute atomic E-state index is 7.73. The van der Waals surface area contributed by atoms with E-state index in [1.54, 1.807) is 6.92 Å². The van der Waals surface area contributed by atoms with Crippen molar-refractivity contribution in [2.75, 3.05) is 0 Å². The molecule has 0 radical (unpaired) electrons. The van der Waals surface area contributed by atoms with Crippen molar-refractivity contribution in [3.05, 3.63) is 12.2 Å². The van der Waals surface area contributed by atoms with Gasteiger partial charge in [0.1, 0.15) is 0 Å². The van der Waals surface area contributed by atoms with E-state index in [1.807, 2.05) is 0 Å². The van der Waals surface area contributed by atoms with Crippen LogP contribution < -0.4 is 0 Å². The number of nitrogens with one attached hydrogen (secondary N) is 2. The maximum atomic E-state index is 7.73. The van der Waals surface area contributed by atoms with Crippen molar-refractivity contribution in [3.63, 3.8) is 0 Å². The van der Waals surface area contributed by atoms with Crippen LogP contribution in [-0.2, 0) is 0 Å². The van der Waals surface area contributed by atoms with Crippen molar-refractivity contribution in [2.24, 2.45) is 5.92 Å². The summed E-state index contributed by atoms with van der Waals surface area (Å²) < 4.78 is 0. The maximum Gasteiger partial charge on any atom is 0.0346 e. The molecule has 0 saturated carbocycles. The lowest BCUT2D eigenvalue weighted by Crippen LogP contribution is -2.08. The van der Waals surface area contributed by atoms with Gasteiger partial charge in [-0.1, -0.05) is 26.8 Å². The van der Waals surface area contributed by atoms with Gasteiger partial charge in [0, 0.05) is 17.8 Å². The van der Waals surface area contributed by atoms with Crippen LogP contribution in [0.15, 0.2) is 12.2 Å². The summed E-state index contributed by atoms with van der Waals surface area (Å²) in [5.41, 5.74) is 1.99. The molecular weight excluding hydrogens is 160 g/mol. The molecule has 0 rings (SSSR count). The summed E-state index contributed by atoms with van der Waals surface area (Å²) in [4.78, 5) is 0. The van der Waals surface area contributed by atoms with Crippen LogP contribution in [0.25, 0.3) is 0 Å². The Labute approximate surface area is 81.1 Å². The van der Waals surface area contributed by atoms with Crippen molar-refractivity contribution >= 4 is 11.4 Å².